The second-order valence-corrected chi connectivity index (χ2v) is 10.6. The number of fused-ring (bicyclic) bond motifs is 1. The number of rotatable bonds is 8. The molecule has 0 radical (unpaired) electrons. The summed E-state index contributed by atoms with van der Waals surface area (Å²) in [6.07, 6.45) is 3.45. The summed E-state index contributed by atoms with van der Waals surface area (Å²) < 4.78 is 19.4. The van der Waals surface area contributed by atoms with E-state index in [0.717, 1.165) is 14.7 Å². The normalized spacial score (nSPS) is 15.2. The van der Waals surface area contributed by atoms with Crippen molar-refractivity contribution in [1.29, 1.82) is 0 Å². The van der Waals surface area contributed by atoms with Crippen LogP contribution in [0.25, 0.3) is 6.08 Å². The Bertz CT molecular complexity index is 1570. The summed E-state index contributed by atoms with van der Waals surface area (Å²) in [5.74, 6) is 0.652. The number of hydrogen-bond donors (Lipinski definition) is 0. The summed E-state index contributed by atoms with van der Waals surface area (Å²) in [5, 5.41) is 0.554. The molecular weight excluding hydrogens is 627 g/mol. The third-order valence-corrected chi connectivity index (χ3v) is 7.63. The Morgan fingerprint density at radius 1 is 1.30 bits per heavy atom. The molecule has 3 aromatic rings. The van der Waals surface area contributed by atoms with Gasteiger partial charge in [-0.05, 0) is 77.9 Å². The van der Waals surface area contributed by atoms with Crippen molar-refractivity contribution in [1.82, 2.24) is 4.57 Å². The fraction of sp³-hybridized carbons (Fsp3) is 0.222. The van der Waals surface area contributed by atoms with Gasteiger partial charge in [-0.1, -0.05) is 47.7 Å². The van der Waals surface area contributed by atoms with Crippen molar-refractivity contribution in [2.24, 2.45) is 4.99 Å². The van der Waals surface area contributed by atoms with Crippen LogP contribution >= 0.6 is 45.5 Å². The lowest BCUT2D eigenvalue weighted by Crippen LogP contribution is -2.39. The highest BCUT2D eigenvalue weighted by molar-refractivity contribution is 14.1. The Morgan fingerprint density at radius 2 is 2.03 bits per heavy atom. The summed E-state index contributed by atoms with van der Waals surface area (Å²) in [6, 6.07) is 10.1. The molecule has 2 aromatic carbocycles. The minimum absolute atomic E-state index is 0.209. The number of aromatic nitrogens is 1. The van der Waals surface area contributed by atoms with Crippen molar-refractivity contribution in [3.05, 3.63) is 99.7 Å². The quantitative estimate of drug-likeness (QED) is 0.202. The molecule has 0 fully saturated rings. The molecule has 0 amide bonds. The van der Waals surface area contributed by atoms with Gasteiger partial charge in [0.05, 0.1) is 39.1 Å². The number of nitrogens with zero attached hydrogens (tertiary/aromatic N) is 2. The predicted octanol–water partition coefficient (Wildman–Crippen LogP) is 4.63. The predicted molar refractivity (Wildman–Crippen MR) is 153 cm³/mol. The van der Waals surface area contributed by atoms with E-state index in [1.54, 1.807) is 61.9 Å². The van der Waals surface area contributed by atoms with Gasteiger partial charge in [0.2, 0.25) is 0 Å². The van der Waals surface area contributed by atoms with Crippen LogP contribution in [-0.4, -0.2) is 30.9 Å². The second kappa shape index (κ2) is 11.7. The third kappa shape index (κ3) is 5.53. The van der Waals surface area contributed by atoms with Crippen LogP contribution < -0.4 is 24.4 Å². The molecule has 0 spiro atoms. The van der Waals surface area contributed by atoms with Crippen molar-refractivity contribution in [3.63, 3.8) is 0 Å². The molecule has 0 saturated carbocycles. The molecule has 0 aliphatic carbocycles. The van der Waals surface area contributed by atoms with Gasteiger partial charge in [-0.3, -0.25) is 9.36 Å². The lowest BCUT2D eigenvalue weighted by atomic mass is 9.96. The topological polar surface area (TPSA) is 79.1 Å². The molecule has 1 atom stereocenters. The van der Waals surface area contributed by atoms with Crippen LogP contribution in [0, 0.1) is 3.57 Å². The zero-order chi connectivity index (χ0) is 26.7. The molecule has 1 aliphatic rings. The number of carbonyl (C=O) groups is 1. The van der Waals surface area contributed by atoms with Gasteiger partial charge in [0.25, 0.3) is 5.56 Å². The molecule has 0 unspecified atom stereocenters. The Kier molecular flexibility index (Phi) is 8.56. The van der Waals surface area contributed by atoms with Crippen molar-refractivity contribution in [3.8, 4) is 11.5 Å². The average Bonchev–Trinajstić information content (AvgIpc) is 3.17. The van der Waals surface area contributed by atoms with E-state index in [2.05, 4.69) is 34.2 Å². The van der Waals surface area contributed by atoms with E-state index in [-0.39, 0.29) is 12.2 Å². The molecular formula is C27H24ClIN2O5S. The number of hydrogen-bond acceptors (Lipinski definition) is 7. The van der Waals surface area contributed by atoms with Crippen LogP contribution in [0.1, 0.15) is 31.0 Å². The molecule has 2 heterocycles. The zero-order valence-electron chi connectivity index (χ0n) is 20.4. The molecule has 0 bridgehead atoms. The lowest BCUT2D eigenvalue weighted by Gasteiger charge is -2.24. The number of benzene rings is 2. The van der Waals surface area contributed by atoms with Crippen molar-refractivity contribution < 1.29 is 19.0 Å². The maximum Gasteiger partial charge on any atom is 0.338 e. The Balaban J connectivity index is 1.90. The van der Waals surface area contributed by atoms with E-state index < -0.39 is 12.0 Å². The van der Waals surface area contributed by atoms with Crippen molar-refractivity contribution in [2.45, 2.75) is 19.9 Å². The summed E-state index contributed by atoms with van der Waals surface area (Å²) in [4.78, 5) is 31.8. The SMILES string of the molecule is C=CCOc1c(I)cc(/C=c2/sc3n(c2=O)[C@H](c2ccc(Cl)cc2)C(C(=O)OCC)=C(C)N=3)cc1OC. The highest BCUT2D eigenvalue weighted by Gasteiger charge is 2.33. The van der Waals surface area contributed by atoms with Crippen LogP contribution in [0.4, 0.5) is 0 Å². The lowest BCUT2D eigenvalue weighted by molar-refractivity contribution is -0.139. The van der Waals surface area contributed by atoms with Crippen LogP contribution in [0.15, 0.2) is 70.1 Å². The molecule has 1 aromatic heterocycles. The minimum atomic E-state index is -0.695. The highest BCUT2D eigenvalue weighted by atomic mass is 127. The number of halogens is 2. The van der Waals surface area contributed by atoms with E-state index in [1.165, 1.54) is 11.3 Å². The summed E-state index contributed by atoms with van der Waals surface area (Å²) >= 11 is 9.54. The average molecular weight is 651 g/mol. The number of ether oxygens (including phenoxy) is 3. The molecule has 4 rings (SSSR count). The van der Waals surface area contributed by atoms with Gasteiger partial charge in [-0.15, -0.1) is 0 Å². The largest absolute Gasteiger partial charge is 0.493 e. The van der Waals surface area contributed by atoms with Gasteiger partial charge in [0.1, 0.15) is 6.61 Å². The number of methoxy groups -OCH3 is 1. The fourth-order valence-electron chi connectivity index (χ4n) is 4.01. The van der Waals surface area contributed by atoms with E-state index in [4.69, 9.17) is 25.8 Å². The smallest absolute Gasteiger partial charge is 0.338 e. The second-order valence-electron chi connectivity index (χ2n) is 7.99. The van der Waals surface area contributed by atoms with Crippen molar-refractivity contribution >= 4 is 57.6 Å². The van der Waals surface area contributed by atoms with E-state index in [0.29, 0.717) is 43.7 Å². The third-order valence-electron chi connectivity index (χ3n) is 5.60. The van der Waals surface area contributed by atoms with Crippen molar-refractivity contribution in [2.75, 3.05) is 20.3 Å². The Labute approximate surface area is 236 Å². The molecule has 7 nitrogen and oxygen atoms in total. The zero-order valence-corrected chi connectivity index (χ0v) is 24.1. The Morgan fingerprint density at radius 3 is 2.68 bits per heavy atom. The van der Waals surface area contributed by atoms with E-state index in [1.807, 2.05) is 12.1 Å². The van der Waals surface area contributed by atoms with E-state index in [9.17, 15) is 9.59 Å². The van der Waals surface area contributed by atoms with Gasteiger partial charge in [-0.25, -0.2) is 9.79 Å². The van der Waals surface area contributed by atoms with Gasteiger partial charge < -0.3 is 14.2 Å². The number of thiazole rings is 1. The maximum absolute atomic E-state index is 13.8. The first-order valence-electron chi connectivity index (χ1n) is 11.3. The van der Waals surface area contributed by atoms with Gasteiger partial charge in [-0.2, -0.15) is 0 Å². The van der Waals surface area contributed by atoms with Crippen LogP contribution in [-0.2, 0) is 9.53 Å². The first-order chi connectivity index (χ1) is 17.8. The molecule has 0 N–H and O–H groups in total. The number of allylic oxidation sites excluding steroid dienone is 1. The first kappa shape index (κ1) is 27.2. The standard InChI is InChI=1S/C27H24ClIN2O5S/c1-5-11-36-24-19(29)12-16(13-20(24)34-4)14-21-25(32)31-23(17-7-9-18(28)10-8-17)22(26(33)35-6-2)15(3)30-27(31)37-21/h5,7-10,12-14,23H,1,6,11H2,2-4H3/b21-14+/t23-/m1/s1. The Hall–Kier alpha value is -2.89. The molecule has 0 saturated heterocycles. The highest BCUT2D eigenvalue weighted by Crippen LogP contribution is 2.34. The van der Waals surface area contributed by atoms with Gasteiger partial charge >= 0.3 is 5.97 Å². The fourth-order valence-corrected chi connectivity index (χ4v) is 5.96. The molecule has 37 heavy (non-hydrogen) atoms. The first-order valence-corrected chi connectivity index (χ1v) is 13.6. The molecule has 192 valence electrons. The monoisotopic (exact) mass is 650 g/mol. The minimum Gasteiger partial charge on any atom is -0.493 e. The van der Waals surface area contributed by atoms with E-state index >= 15 is 0 Å². The molecule has 1 aliphatic heterocycles. The number of esters is 1. The summed E-state index contributed by atoms with van der Waals surface area (Å²) in [7, 11) is 1.57. The number of carbonyl (C=O) groups excluding carboxylic acids is 1. The van der Waals surface area contributed by atoms with Crippen LogP contribution in [0.2, 0.25) is 5.02 Å². The summed E-state index contributed by atoms with van der Waals surface area (Å²) in [5.41, 5.74) is 2.06. The van der Waals surface area contributed by atoms with Gasteiger partial charge in [0.15, 0.2) is 16.3 Å². The molecule has 10 heteroatoms. The maximum atomic E-state index is 13.8. The van der Waals surface area contributed by atoms with Crippen LogP contribution in [0.3, 0.4) is 0 Å². The van der Waals surface area contributed by atoms with Crippen LogP contribution in [0.5, 0.6) is 11.5 Å². The van der Waals surface area contributed by atoms with Gasteiger partial charge in [0, 0.05) is 5.02 Å². The summed E-state index contributed by atoms with van der Waals surface area (Å²) in [6.45, 7) is 7.73.